The Morgan fingerprint density at radius 3 is 2.50 bits per heavy atom. The fourth-order valence-electron chi connectivity index (χ4n) is 4.07. The summed E-state index contributed by atoms with van der Waals surface area (Å²) in [6.07, 6.45) is 8.55. The van der Waals surface area contributed by atoms with Crippen LogP contribution in [0.1, 0.15) is 59.3 Å². The molecule has 0 aromatic carbocycles. The smallest absolute Gasteiger partial charge is 0.0195 e. The highest BCUT2D eigenvalue weighted by atomic mass is 15.2. The zero-order chi connectivity index (χ0) is 13.0. The first kappa shape index (κ1) is 14.3. The zero-order valence-electron chi connectivity index (χ0n) is 12.6. The molecule has 2 nitrogen and oxygen atoms in total. The van der Waals surface area contributed by atoms with Gasteiger partial charge in [0.15, 0.2) is 0 Å². The number of rotatable bonds is 5. The van der Waals surface area contributed by atoms with Gasteiger partial charge in [0.25, 0.3) is 0 Å². The van der Waals surface area contributed by atoms with Crippen molar-refractivity contribution >= 4 is 0 Å². The van der Waals surface area contributed by atoms with Crippen molar-refractivity contribution in [3.63, 3.8) is 0 Å². The molecular weight excluding hydrogens is 220 g/mol. The average Bonchev–Trinajstić information content (AvgIpc) is 2.88. The molecule has 3 atom stereocenters. The van der Waals surface area contributed by atoms with E-state index in [2.05, 4.69) is 31.0 Å². The molecule has 106 valence electrons. The van der Waals surface area contributed by atoms with E-state index in [0.29, 0.717) is 0 Å². The van der Waals surface area contributed by atoms with Crippen molar-refractivity contribution in [2.24, 2.45) is 11.8 Å². The number of nitrogens with zero attached hydrogens (tertiary/aromatic N) is 1. The highest BCUT2D eigenvalue weighted by molar-refractivity contribution is 4.87. The van der Waals surface area contributed by atoms with Gasteiger partial charge in [-0.3, -0.25) is 4.90 Å². The molecule has 0 bridgehead atoms. The summed E-state index contributed by atoms with van der Waals surface area (Å²) in [5.74, 6) is 1.78. The van der Waals surface area contributed by atoms with Gasteiger partial charge in [0.05, 0.1) is 0 Å². The molecule has 1 aliphatic heterocycles. The van der Waals surface area contributed by atoms with Gasteiger partial charge in [-0.2, -0.15) is 0 Å². The van der Waals surface area contributed by atoms with E-state index in [1.165, 1.54) is 58.2 Å². The van der Waals surface area contributed by atoms with Crippen LogP contribution in [-0.4, -0.2) is 36.6 Å². The van der Waals surface area contributed by atoms with Gasteiger partial charge in [-0.1, -0.05) is 33.6 Å². The van der Waals surface area contributed by atoms with Crippen LogP contribution in [0.5, 0.6) is 0 Å². The predicted molar refractivity (Wildman–Crippen MR) is 78.9 cm³/mol. The second-order valence-electron chi connectivity index (χ2n) is 6.64. The second kappa shape index (κ2) is 6.91. The number of likely N-dealkylation sites (N-methyl/N-ethyl adjacent to an activating group) is 1. The summed E-state index contributed by atoms with van der Waals surface area (Å²) in [7, 11) is 0. The summed E-state index contributed by atoms with van der Waals surface area (Å²) < 4.78 is 0. The summed E-state index contributed by atoms with van der Waals surface area (Å²) in [4.78, 5) is 2.78. The summed E-state index contributed by atoms with van der Waals surface area (Å²) in [5.41, 5.74) is 0. The molecule has 2 fully saturated rings. The summed E-state index contributed by atoms with van der Waals surface area (Å²) in [6, 6.07) is 1.62. The Bertz CT molecular complexity index is 233. The maximum absolute atomic E-state index is 3.66. The normalized spacial score (nSPS) is 33.5. The molecule has 0 radical (unpaired) electrons. The largest absolute Gasteiger partial charge is 0.313 e. The number of nitrogens with one attached hydrogen (secondary N) is 1. The molecule has 0 aromatic heterocycles. The molecule has 0 aromatic rings. The van der Waals surface area contributed by atoms with E-state index in [1.54, 1.807) is 0 Å². The van der Waals surface area contributed by atoms with Gasteiger partial charge in [-0.25, -0.2) is 0 Å². The van der Waals surface area contributed by atoms with Crippen LogP contribution in [0.4, 0.5) is 0 Å². The van der Waals surface area contributed by atoms with Gasteiger partial charge in [0.1, 0.15) is 0 Å². The van der Waals surface area contributed by atoms with E-state index in [9.17, 15) is 0 Å². The lowest BCUT2D eigenvalue weighted by Crippen LogP contribution is -2.48. The molecule has 2 aliphatic rings. The maximum Gasteiger partial charge on any atom is 0.0195 e. The van der Waals surface area contributed by atoms with Gasteiger partial charge < -0.3 is 5.32 Å². The summed E-state index contributed by atoms with van der Waals surface area (Å²) >= 11 is 0. The molecule has 3 unspecified atom stereocenters. The van der Waals surface area contributed by atoms with Gasteiger partial charge in [-0.05, 0) is 50.6 Å². The van der Waals surface area contributed by atoms with E-state index in [1.807, 2.05) is 0 Å². The molecule has 18 heavy (non-hydrogen) atoms. The Kier molecular flexibility index (Phi) is 5.50. The molecule has 1 heterocycles. The van der Waals surface area contributed by atoms with Crippen LogP contribution >= 0.6 is 0 Å². The molecule has 0 amide bonds. The van der Waals surface area contributed by atoms with Crippen LogP contribution in [0.15, 0.2) is 0 Å². The van der Waals surface area contributed by atoms with Crippen LogP contribution in [0.2, 0.25) is 0 Å². The molecule has 0 spiro atoms. The molecule has 1 aliphatic carbocycles. The monoisotopic (exact) mass is 252 g/mol. The first-order chi connectivity index (χ1) is 8.72. The van der Waals surface area contributed by atoms with Crippen molar-refractivity contribution in [1.29, 1.82) is 0 Å². The number of hydrogen-bond acceptors (Lipinski definition) is 2. The Balaban J connectivity index is 1.95. The third-order valence-corrected chi connectivity index (χ3v) is 5.13. The van der Waals surface area contributed by atoms with E-state index >= 15 is 0 Å². The van der Waals surface area contributed by atoms with Crippen LogP contribution in [0.3, 0.4) is 0 Å². The Labute approximate surface area is 114 Å². The van der Waals surface area contributed by atoms with Gasteiger partial charge in [0.2, 0.25) is 0 Å². The molecule has 2 rings (SSSR count). The number of hydrogen-bond donors (Lipinski definition) is 1. The minimum atomic E-state index is 0.764. The van der Waals surface area contributed by atoms with Crippen molar-refractivity contribution in [3.05, 3.63) is 0 Å². The first-order valence-corrected chi connectivity index (χ1v) is 8.19. The highest BCUT2D eigenvalue weighted by Gasteiger charge is 2.32. The fraction of sp³-hybridized carbons (Fsp3) is 1.00. The van der Waals surface area contributed by atoms with Gasteiger partial charge in [-0.15, -0.1) is 0 Å². The average molecular weight is 252 g/mol. The fourth-order valence-corrected chi connectivity index (χ4v) is 4.07. The van der Waals surface area contributed by atoms with Crippen molar-refractivity contribution in [1.82, 2.24) is 10.2 Å². The minimum Gasteiger partial charge on any atom is -0.313 e. The summed E-state index contributed by atoms with van der Waals surface area (Å²) in [6.45, 7) is 10.9. The van der Waals surface area contributed by atoms with Crippen LogP contribution in [-0.2, 0) is 0 Å². The van der Waals surface area contributed by atoms with Gasteiger partial charge in [0, 0.05) is 18.6 Å². The molecule has 1 saturated heterocycles. The predicted octanol–water partition coefficient (Wildman–Crippen LogP) is 3.28. The van der Waals surface area contributed by atoms with Crippen molar-refractivity contribution in [2.75, 3.05) is 19.6 Å². The molecule has 2 heteroatoms. The van der Waals surface area contributed by atoms with Crippen LogP contribution in [0.25, 0.3) is 0 Å². The Hall–Kier alpha value is -0.0800. The van der Waals surface area contributed by atoms with Crippen molar-refractivity contribution in [2.45, 2.75) is 71.4 Å². The molecular formula is C16H32N2. The van der Waals surface area contributed by atoms with Crippen LogP contribution in [0, 0.1) is 11.8 Å². The van der Waals surface area contributed by atoms with E-state index in [0.717, 1.165) is 23.9 Å². The quantitative estimate of drug-likeness (QED) is 0.808. The first-order valence-electron chi connectivity index (χ1n) is 8.19. The molecule has 1 N–H and O–H groups in total. The Morgan fingerprint density at radius 2 is 1.89 bits per heavy atom. The van der Waals surface area contributed by atoms with E-state index in [4.69, 9.17) is 0 Å². The third-order valence-electron chi connectivity index (χ3n) is 5.13. The standard InChI is InChI=1S/C16H32N2/c1-4-18(12-14-8-7-11-17-14)16-10-6-5-9-15(16)13(2)3/h13-17H,4-12H2,1-3H3. The lowest BCUT2D eigenvalue weighted by Gasteiger charge is -2.42. The van der Waals surface area contributed by atoms with E-state index < -0.39 is 0 Å². The lowest BCUT2D eigenvalue weighted by molar-refractivity contribution is 0.0762. The van der Waals surface area contributed by atoms with Crippen molar-refractivity contribution in [3.8, 4) is 0 Å². The SMILES string of the molecule is CCN(CC1CCCN1)C1CCCCC1C(C)C. The minimum absolute atomic E-state index is 0.764. The summed E-state index contributed by atoms with van der Waals surface area (Å²) in [5, 5.41) is 3.66. The third kappa shape index (κ3) is 3.48. The molecule has 1 saturated carbocycles. The topological polar surface area (TPSA) is 15.3 Å². The lowest BCUT2D eigenvalue weighted by atomic mass is 9.77. The zero-order valence-corrected chi connectivity index (χ0v) is 12.6. The van der Waals surface area contributed by atoms with Crippen LogP contribution < -0.4 is 5.32 Å². The van der Waals surface area contributed by atoms with Gasteiger partial charge >= 0.3 is 0 Å². The maximum atomic E-state index is 3.66. The Morgan fingerprint density at radius 1 is 1.11 bits per heavy atom. The highest BCUT2D eigenvalue weighted by Crippen LogP contribution is 2.33. The second-order valence-corrected chi connectivity index (χ2v) is 6.64. The van der Waals surface area contributed by atoms with E-state index in [-0.39, 0.29) is 0 Å². The van der Waals surface area contributed by atoms with Crippen molar-refractivity contribution < 1.29 is 0 Å².